The quantitative estimate of drug-likeness (QED) is 0.847. The topological polar surface area (TPSA) is 63.4 Å². The van der Waals surface area contributed by atoms with E-state index < -0.39 is 46.1 Å². The number of nitrogens with two attached hydrogens (primary N) is 1. The summed E-state index contributed by atoms with van der Waals surface area (Å²) in [6, 6.07) is 0.115. The molecule has 4 nitrogen and oxygen atoms in total. The summed E-state index contributed by atoms with van der Waals surface area (Å²) in [5, 5.41) is 0. The summed E-state index contributed by atoms with van der Waals surface area (Å²) < 4.78 is 52.3. The first-order valence-electron chi connectivity index (χ1n) is 5.40. The van der Waals surface area contributed by atoms with Gasteiger partial charge in [0.1, 0.15) is 5.82 Å². The Balaban J connectivity index is 3.80. The van der Waals surface area contributed by atoms with Crippen LogP contribution in [0, 0.1) is 12.7 Å². The summed E-state index contributed by atoms with van der Waals surface area (Å²) in [6.07, 6.45) is -4.93. The Morgan fingerprint density at radius 1 is 1.20 bits per heavy atom. The molecule has 0 unspecified atom stereocenters. The second-order valence-electron chi connectivity index (χ2n) is 4.34. The van der Waals surface area contributed by atoms with Crippen molar-refractivity contribution in [1.82, 2.24) is 4.90 Å². The third-order valence-electron chi connectivity index (χ3n) is 2.70. The Morgan fingerprint density at radius 3 is 2.05 bits per heavy atom. The Bertz CT molecular complexity index is 580. The number of nitrogens with zero attached hydrogens (tertiary/aromatic N) is 1. The van der Waals surface area contributed by atoms with E-state index in [9.17, 15) is 27.2 Å². The standard InChI is InChI=1S/C12H12F4N2O2/c1-5-8(11(20)18(2)3)6(12(14,15)16)4-7(13)9(5)10(17)19/h4H,1-3H3,(H2,17,19). The van der Waals surface area contributed by atoms with E-state index in [-0.39, 0.29) is 6.07 Å². The average Bonchev–Trinajstić information content (AvgIpc) is 2.25. The number of hydrogen-bond acceptors (Lipinski definition) is 2. The summed E-state index contributed by atoms with van der Waals surface area (Å²) in [6.45, 7) is 1.05. The molecule has 0 atom stereocenters. The van der Waals surface area contributed by atoms with E-state index in [1.165, 1.54) is 14.1 Å². The van der Waals surface area contributed by atoms with Gasteiger partial charge in [0.25, 0.3) is 11.8 Å². The lowest BCUT2D eigenvalue weighted by molar-refractivity contribution is -0.138. The van der Waals surface area contributed by atoms with E-state index in [0.29, 0.717) is 0 Å². The van der Waals surface area contributed by atoms with E-state index in [1.54, 1.807) is 0 Å². The van der Waals surface area contributed by atoms with Gasteiger partial charge in [0.05, 0.1) is 16.7 Å². The van der Waals surface area contributed by atoms with Gasteiger partial charge in [-0.1, -0.05) is 0 Å². The molecule has 0 bridgehead atoms. The molecule has 0 aliphatic heterocycles. The van der Waals surface area contributed by atoms with Gasteiger partial charge in [-0.05, 0) is 18.6 Å². The van der Waals surface area contributed by atoms with E-state index in [1.807, 2.05) is 0 Å². The maximum absolute atomic E-state index is 13.6. The summed E-state index contributed by atoms with van der Waals surface area (Å²) in [5.41, 5.74) is 1.57. The highest BCUT2D eigenvalue weighted by molar-refractivity contribution is 6.02. The van der Waals surface area contributed by atoms with E-state index >= 15 is 0 Å². The lowest BCUT2D eigenvalue weighted by Crippen LogP contribution is -2.28. The van der Waals surface area contributed by atoms with Gasteiger partial charge in [-0.3, -0.25) is 9.59 Å². The number of primary amides is 1. The van der Waals surface area contributed by atoms with Gasteiger partial charge in [-0.15, -0.1) is 0 Å². The number of carbonyl (C=O) groups excluding carboxylic acids is 2. The van der Waals surface area contributed by atoms with E-state index in [4.69, 9.17) is 5.73 Å². The zero-order valence-electron chi connectivity index (χ0n) is 10.9. The first-order chi connectivity index (χ1) is 8.98. The zero-order valence-corrected chi connectivity index (χ0v) is 10.9. The van der Waals surface area contributed by atoms with Crippen LogP contribution in [0.2, 0.25) is 0 Å². The fourth-order valence-corrected chi connectivity index (χ4v) is 1.80. The van der Waals surface area contributed by atoms with Crippen molar-refractivity contribution < 1.29 is 27.2 Å². The minimum Gasteiger partial charge on any atom is -0.365 e. The van der Waals surface area contributed by atoms with Crippen molar-refractivity contribution in [2.24, 2.45) is 5.73 Å². The Hall–Kier alpha value is -2.12. The van der Waals surface area contributed by atoms with Crippen molar-refractivity contribution in [2.45, 2.75) is 13.1 Å². The van der Waals surface area contributed by atoms with Gasteiger partial charge in [0, 0.05) is 14.1 Å². The Morgan fingerprint density at radius 2 is 1.70 bits per heavy atom. The molecule has 0 saturated carbocycles. The molecule has 0 saturated heterocycles. The molecule has 0 spiro atoms. The fourth-order valence-electron chi connectivity index (χ4n) is 1.80. The van der Waals surface area contributed by atoms with Crippen LogP contribution < -0.4 is 5.73 Å². The highest BCUT2D eigenvalue weighted by Crippen LogP contribution is 2.36. The molecule has 2 N–H and O–H groups in total. The lowest BCUT2D eigenvalue weighted by atomic mass is 9.94. The van der Waals surface area contributed by atoms with Crippen molar-refractivity contribution >= 4 is 11.8 Å². The van der Waals surface area contributed by atoms with Crippen molar-refractivity contribution in [2.75, 3.05) is 14.1 Å². The van der Waals surface area contributed by atoms with Crippen LogP contribution in [-0.4, -0.2) is 30.8 Å². The van der Waals surface area contributed by atoms with Gasteiger partial charge in [0.15, 0.2) is 0 Å². The van der Waals surface area contributed by atoms with Crippen LogP contribution >= 0.6 is 0 Å². The van der Waals surface area contributed by atoms with Crippen LogP contribution in [0.25, 0.3) is 0 Å². The molecule has 2 amide bonds. The maximum atomic E-state index is 13.6. The van der Waals surface area contributed by atoms with Crippen molar-refractivity contribution in [3.05, 3.63) is 34.1 Å². The zero-order chi connectivity index (χ0) is 15.8. The monoisotopic (exact) mass is 292 g/mol. The predicted molar refractivity (Wildman–Crippen MR) is 62.7 cm³/mol. The Labute approximate surface area is 112 Å². The molecule has 1 rings (SSSR count). The summed E-state index contributed by atoms with van der Waals surface area (Å²) in [5.74, 6) is -3.63. The first-order valence-corrected chi connectivity index (χ1v) is 5.40. The van der Waals surface area contributed by atoms with Crippen LogP contribution in [-0.2, 0) is 6.18 Å². The number of halogens is 4. The number of alkyl halides is 3. The summed E-state index contributed by atoms with van der Waals surface area (Å²) in [4.78, 5) is 23.9. The van der Waals surface area contributed by atoms with Gasteiger partial charge in [0.2, 0.25) is 0 Å². The average molecular weight is 292 g/mol. The molecule has 110 valence electrons. The van der Waals surface area contributed by atoms with Crippen molar-refractivity contribution in [3.8, 4) is 0 Å². The van der Waals surface area contributed by atoms with Crippen LogP contribution in [0.4, 0.5) is 17.6 Å². The highest BCUT2D eigenvalue weighted by atomic mass is 19.4. The highest BCUT2D eigenvalue weighted by Gasteiger charge is 2.38. The third kappa shape index (κ3) is 2.73. The van der Waals surface area contributed by atoms with Gasteiger partial charge in [-0.25, -0.2) is 4.39 Å². The van der Waals surface area contributed by atoms with Crippen LogP contribution in [0.3, 0.4) is 0 Å². The molecule has 1 aromatic carbocycles. The first kappa shape index (κ1) is 15.9. The van der Waals surface area contributed by atoms with E-state index in [2.05, 4.69) is 0 Å². The fraction of sp³-hybridized carbons (Fsp3) is 0.333. The molecule has 0 fully saturated rings. The van der Waals surface area contributed by atoms with Crippen LogP contribution in [0.15, 0.2) is 6.07 Å². The molecule has 8 heteroatoms. The summed E-state index contributed by atoms with van der Waals surface area (Å²) in [7, 11) is 2.49. The second-order valence-corrected chi connectivity index (χ2v) is 4.34. The number of benzene rings is 1. The maximum Gasteiger partial charge on any atom is 0.417 e. The molecular weight excluding hydrogens is 280 g/mol. The van der Waals surface area contributed by atoms with Gasteiger partial charge < -0.3 is 10.6 Å². The largest absolute Gasteiger partial charge is 0.417 e. The number of hydrogen-bond donors (Lipinski definition) is 1. The molecule has 0 radical (unpaired) electrons. The minimum absolute atomic E-state index is 0.115. The molecule has 20 heavy (non-hydrogen) atoms. The number of carbonyl (C=O) groups is 2. The van der Waals surface area contributed by atoms with Crippen LogP contribution in [0.5, 0.6) is 0 Å². The third-order valence-corrected chi connectivity index (χ3v) is 2.70. The summed E-state index contributed by atoms with van der Waals surface area (Å²) >= 11 is 0. The molecule has 0 aliphatic carbocycles. The van der Waals surface area contributed by atoms with Gasteiger partial charge in [-0.2, -0.15) is 13.2 Å². The minimum atomic E-state index is -4.93. The number of amides is 2. The second kappa shape index (κ2) is 5.10. The molecular formula is C12H12F4N2O2. The van der Waals surface area contributed by atoms with Crippen molar-refractivity contribution in [1.29, 1.82) is 0 Å². The SMILES string of the molecule is Cc1c(C(N)=O)c(F)cc(C(F)(F)F)c1C(=O)N(C)C. The molecule has 1 aromatic rings. The Kier molecular flexibility index (Phi) is 4.07. The predicted octanol–water partition coefficient (Wildman–Crippen LogP) is 1.95. The smallest absolute Gasteiger partial charge is 0.365 e. The number of rotatable bonds is 2. The normalized spacial score (nSPS) is 11.3. The molecule has 0 aliphatic rings. The van der Waals surface area contributed by atoms with E-state index in [0.717, 1.165) is 11.8 Å². The van der Waals surface area contributed by atoms with Gasteiger partial charge >= 0.3 is 6.18 Å². The lowest BCUT2D eigenvalue weighted by Gasteiger charge is -2.20. The molecule has 0 aromatic heterocycles. The van der Waals surface area contributed by atoms with Crippen molar-refractivity contribution in [3.63, 3.8) is 0 Å². The molecule has 0 heterocycles. The van der Waals surface area contributed by atoms with Crippen LogP contribution in [0.1, 0.15) is 31.8 Å².